The fourth-order valence-electron chi connectivity index (χ4n) is 1.02. The smallest absolute Gasteiger partial charge is 0.281 e. The maximum Gasteiger partial charge on any atom is 0.281 e. The molecule has 0 saturated carbocycles. The minimum Gasteiger partial charge on any atom is -0.289 e. The summed E-state index contributed by atoms with van der Waals surface area (Å²) in [6.07, 6.45) is -0.145. The summed E-state index contributed by atoms with van der Waals surface area (Å²) in [5, 5.41) is 7.55. The van der Waals surface area contributed by atoms with Crippen LogP contribution in [0.25, 0.3) is 5.82 Å². The van der Waals surface area contributed by atoms with Crippen LogP contribution in [-0.2, 0) is 0 Å². The van der Waals surface area contributed by atoms with Gasteiger partial charge in [0.25, 0.3) is 6.43 Å². The maximum atomic E-state index is 12.2. The van der Waals surface area contributed by atoms with Crippen LogP contribution in [-0.4, -0.2) is 19.7 Å². The van der Waals surface area contributed by atoms with Gasteiger partial charge in [-0.3, -0.25) is 4.57 Å². The maximum absolute atomic E-state index is 12.2. The molecule has 0 aliphatic heterocycles. The van der Waals surface area contributed by atoms with Gasteiger partial charge < -0.3 is 0 Å². The van der Waals surface area contributed by atoms with Crippen molar-refractivity contribution in [2.24, 2.45) is 0 Å². The number of halogens is 3. The molecule has 0 aliphatic carbocycles. The molecular formula is C8H5ClF2N4. The highest BCUT2D eigenvalue weighted by Crippen LogP contribution is 2.17. The molecule has 0 radical (unpaired) electrons. The lowest BCUT2D eigenvalue weighted by Gasteiger charge is -1.98. The molecule has 2 aromatic rings. The molecule has 15 heavy (non-hydrogen) atoms. The minimum atomic E-state index is -2.59. The van der Waals surface area contributed by atoms with E-state index >= 15 is 0 Å². The third-order valence-electron chi connectivity index (χ3n) is 1.71. The molecule has 0 aliphatic rings. The summed E-state index contributed by atoms with van der Waals surface area (Å²) in [5.74, 6) is 0.388. The van der Waals surface area contributed by atoms with E-state index < -0.39 is 6.43 Å². The van der Waals surface area contributed by atoms with Gasteiger partial charge in [0.05, 0.1) is 0 Å². The lowest BCUT2D eigenvalue weighted by Crippen LogP contribution is -1.95. The SMILES string of the molecule is FC(F)c1cn(-c2ccc(Cl)nn2)cn1. The highest BCUT2D eigenvalue weighted by molar-refractivity contribution is 6.29. The Morgan fingerprint density at radius 1 is 1.27 bits per heavy atom. The van der Waals surface area contributed by atoms with Gasteiger partial charge in [-0.15, -0.1) is 10.2 Å². The second kappa shape index (κ2) is 3.90. The van der Waals surface area contributed by atoms with Gasteiger partial charge in [-0.1, -0.05) is 11.6 Å². The quantitative estimate of drug-likeness (QED) is 0.795. The molecule has 0 N–H and O–H groups in total. The van der Waals surface area contributed by atoms with Crippen LogP contribution in [0.2, 0.25) is 5.15 Å². The Morgan fingerprint density at radius 2 is 2.07 bits per heavy atom. The first kappa shape index (κ1) is 9.97. The number of aromatic nitrogens is 4. The van der Waals surface area contributed by atoms with Gasteiger partial charge in [0, 0.05) is 6.20 Å². The van der Waals surface area contributed by atoms with E-state index in [2.05, 4.69) is 15.2 Å². The Hall–Kier alpha value is -1.56. The molecule has 7 heteroatoms. The summed E-state index contributed by atoms with van der Waals surface area (Å²) in [4.78, 5) is 3.53. The Bertz CT molecular complexity index is 454. The van der Waals surface area contributed by atoms with Gasteiger partial charge in [0.15, 0.2) is 11.0 Å². The van der Waals surface area contributed by atoms with Gasteiger partial charge in [-0.2, -0.15) is 0 Å². The average Bonchev–Trinajstić information content (AvgIpc) is 2.68. The zero-order valence-corrected chi connectivity index (χ0v) is 8.07. The van der Waals surface area contributed by atoms with Crippen molar-refractivity contribution in [1.29, 1.82) is 0 Å². The highest BCUT2D eigenvalue weighted by atomic mass is 35.5. The number of hydrogen-bond donors (Lipinski definition) is 0. The minimum absolute atomic E-state index is 0.243. The molecule has 78 valence electrons. The molecule has 0 saturated heterocycles. The predicted octanol–water partition coefficient (Wildman–Crippen LogP) is 2.25. The number of alkyl halides is 2. The molecule has 0 atom stereocenters. The Kier molecular flexibility index (Phi) is 2.59. The summed E-state index contributed by atoms with van der Waals surface area (Å²) in [5.41, 5.74) is -0.299. The average molecular weight is 231 g/mol. The number of imidazole rings is 1. The molecular weight excluding hydrogens is 226 g/mol. The topological polar surface area (TPSA) is 43.6 Å². The summed E-state index contributed by atoms with van der Waals surface area (Å²) >= 11 is 5.54. The van der Waals surface area contributed by atoms with E-state index in [-0.39, 0.29) is 10.8 Å². The molecule has 4 nitrogen and oxygen atoms in total. The van der Waals surface area contributed by atoms with Gasteiger partial charge in [0.2, 0.25) is 0 Å². The van der Waals surface area contributed by atoms with Crippen LogP contribution in [0, 0.1) is 0 Å². The van der Waals surface area contributed by atoms with E-state index in [0.717, 1.165) is 0 Å². The van der Waals surface area contributed by atoms with Crippen LogP contribution in [0.5, 0.6) is 0 Å². The van der Waals surface area contributed by atoms with Gasteiger partial charge >= 0.3 is 0 Å². The molecule has 0 bridgehead atoms. The molecule has 2 heterocycles. The second-order valence-corrected chi connectivity index (χ2v) is 3.11. The van der Waals surface area contributed by atoms with Crippen LogP contribution >= 0.6 is 11.6 Å². The fraction of sp³-hybridized carbons (Fsp3) is 0.125. The van der Waals surface area contributed by atoms with Crippen molar-refractivity contribution < 1.29 is 8.78 Å². The van der Waals surface area contributed by atoms with Gasteiger partial charge in [-0.25, -0.2) is 13.8 Å². The first-order chi connectivity index (χ1) is 7.16. The van der Waals surface area contributed by atoms with Crippen molar-refractivity contribution in [3.8, 4) is 5.82 Å². The number of rotatable bonds is 2. The molecule has 0 spiro atoms. The molecule has 2 aromatic heterocycles. The zero-order chi connectivity index (χ0) is 10.8. The molecule has 0 unspecified atom stereocenters. The standard InChI is InChI=1S/C8H5ClF2N4/c9-6-1-2-7(14-13-6)15-3-5(8(10)11)12-4-15/h1-4,8H. The highest BCUT2D eigenvalue weighted by Gasteiger charge is 2.11. The van der Waals surface area contributed by atoms with Crippen molar-refractivity contribution >= 4 is 11.6 Å². The lowest BCUT2D eigenvalue weighted by molar-refractivity contribution is 0.146. The van der Waals surface area contributed by atoms with Gasteiger partial charge in [-0.05, 0) is 12.1 Å². The molecule has 2 rings (SSSR count). The third-order valence-corrected chi connectivity index (χ3v) is 1.91. The van der Waals surface area contributed by atoms with Gasteiger partial charge in [0.1, 0.15) is 12.0 Å². The van der Waals surface area contributed by atoms with Crippen molar-refractivity contribution in [2.45, 2.75) is 6.43 Å². The van der Waals surface area contributed by atoms with E-state index in [0.29, 0.717) is 5.82 Å². The summed E-state index contributed by atoms with van der Waals surface area (Å²) in [6.45, 7) is 0. The van der Waals surface area contributed by atoms with E-state index in [1.54, 1.807) is 6.07 Å². The third kappa shape index (κ3) is 2.10. The normalized spacial score (nSPS) is 10.9. The Balaban J connectivity index is 2.33. The number of hydrogen-bond acceptors (Lipinski definition) is 3. The Morgan fingerprint density at radius 3 is 2.60 bits per heavy atom. The lowest BCUT2D eigenvalue weighted by atomic mass is 10.5. The van der Waals surface area contributed by atoms with Crippen molar-refractivity contribution in [1.82, 2.24) is 19.7 Å². The van der Waals surface area contributed by atoms with Crippen LogP contribution < -0.4 is 0 Å². The van der Waals surface area contributed by atoms with Crippen molar-refractivity contribution in [3.63, 3.8) is 0 Å². The van der Waals surface area contributed by atoms with Crippen LogP contribution in [0.15, 0.2) is 24.7 Å². The summed E-state index contributed by atoms with van der Waals surface area (Å²) < 4.78 is 25.8. The Labute approximate surface area is 88.5 Å². The van der Waals surface area contributed by atoms with E-state index in [9.17, 15) is 8.78 Å². The molecule has 0 amide bonds. The molecule has 0 fully saturated rings. The largest absolute Gasteiger partial charge is 0.289 e. The van der Waals surface area contributed by atoms with Crippen LogP contribution in [0.4, 0.5) is 8.78 Å². The monoisotopic (exact) mass is 230 g/mol. The van der Waals surface area contributed by atoms with E-state index in [1.807, 2.05) is 0 Å². The first-order valence-electron chi connectivity index (χ1n) is 3.98. The summed E-state index contributed by atoms with van der Waals surface area (Å²) in [7, 11) is 0. The van der Waals surface area contributed by atoms with Crippen LogP contribution in [0.1, 0.15) is 12.1 Å². The predicted molar refractivity (Wildman–Crippen MR) is 49.1 cm³/mol. The first-order valence-corrected chi connectivity index (χ1v) is 4.36. The van der Waals surface area contributed by atoms with E-state index in [4.69, 9.17) is 11.6 Å². The van der Waals surface area contributed by atoms with E-state index in [1.165, 1.54) is 23.2 Å². The second-order valence-electron chi connectivity index (χ2n) is 2.72. The van der Waals surface area contributed by atoms with Crippen LogP contribution in [0.3, 0.4) is 0 Å². The fourth-order valence-corrected chi connectivity index (χ4v) is 1.12. The van der Waals surface area contributed by atoms with Crippen molar-refractivity contribution in [3.05, 3.63) is 35.5 Å². The zero-order valence-electron chi connectivity index (χ0n) is 7.31. The van der Waals surface area contributed by atoms with Crippen molar-refractivity contribution in [2.75, 3.05) is 0 Å². The summed E-state index contributed by atoms with van der Waals surface area (Å²) in [6, 6.07) is 3.08. The molecule has 0 aromatic carbocycles. The number of nitrogens with zero attached hydrogens (tertiary/aromatic N) is 4.